The van der Waals surface area contributed by atoms with Crippen LogP contribution < -0.4 is 10.6 Å². The van der Waals surface area contributed by atoms with Crippen molar-refractivity contribution in [2.75, 3.05) is 19.3 Å². The molecule has 0 amide bonds. The number of nitrogens with one attached hydrogen (secondary N) is 2. The Morgan fingerprint density at radius 2 is 1.33 bits per heavy atom. The Labute approximate surface area is 245 Å². The molecule has 6 fully saturated rings. The van der Waals surface area contributed by atoms with Gasteiger partial charge in [0.25, 0.3) is 0 Å². The average molecular weight is 571 g/mol. The molecule has 7 rings (SSSR count). The fourth-order valence-electron chi connectivity index (χ4n) is 10.3. The third-order valence-electron chi connectivity index (χ3n) is 12.0. The van der Waals surface area contributed by atoms with Crippen LogP contribution in [0.1, 0.15) is 112 Å². The zero-order valence-electron chi connectivity index (χ0n) is 26.2. The van der Waals surface area contributed by atoms with E-state index in [4.69, 9.17) is 0 Å². The maximum absolute atomic E-state index is 4.08. The van der Waals surface area contributed by atoms with Crippen molar-refractivity contribution in [1.29, 1.82) is 0 Å². The first kappa shape index (κ1) is 29.3. The minimum absolute atomic E-state index is 0.0617. The molecule has 4 heteroatoms. The third kappa shape index (κ3) is 5.66. The number of hydrogen-bond acceptors (Lipinski definition) is 2. The summed E-state index contributed by atoms with van der Waals surface area (Å²) in [6.07, 6.45) is 22.8. The fraction of sp³-hybridized carbons (Fsp3) is 0.886. The van der Waals surface area contributed by atoms with Gasteiger partial charge in [-0.05, 0) is 128 Å². The van der Waals surface area contributed by atoms with E-state index in [-0.39, 0.29) is 18.5 Å². The SMILES string of the molecule is CC(C)(C)C1=CC(CP(C2C3CC4CC(C3)CC2C4)C(C)(C)C)C(C(P)(C2CCCCN2)C2CCCCN2)=C1. The zero-order valence-corrected chi connectivity index (χ0v) is 28.2. The normalized spacial score (nSPS) is 41.2. The smallest absolute Gasteiger partial charge is 0.0370 e. The molecule has 7 aliphatic rings. The first-order valence-electron chi connectivity index (χ1n) is 16.9. The summed E-state index contributed by atoms with van der Waals surface area (Å²) in [5.41, 5.74) is 4.60. The molecule has 0 spiro atoms. The molecule has 220 valence electrons. The molecule has 4 saturated carbocycles. The summed E-state index contributed by atoms with van der Waals surface area (Å²) in [5, 5.41) is 8.69. The van der Waals surface area contributed by atoms with E-state index in [9.17, 15) is 0 Å². The topological polar surface area (TPSA) is 24.1 Å². The molecule has 0 aromatic heterocycles. The first-order chi connectivity index (χ1) is 18.4. The van der Waals surface area contributed by atoms with Crippen molar-refractivity contribution >= 4 is 17.2 Å². The van der Waals surface area contributed by atoms with Gasteiger partial charge in [0.2, 0.25) is 0 Å². The van der Waals surface area contributed by atoms with Crippen molar-refractivity contribution in [3.63, 3.8) is 0 Å². The maximum Gasteiger partial charge on any atom is 0.0370 e. The van der Waals surface area contributed by atoms with Crippen LogP contribution in [0.15, 0.2) is 23.3 Å². The molecule has 2 saturated heterocycles. The molecule has 4 bridgehead atoms. The number of piperidine rings is 2. The van der Waals surface area contributed by atoms with Gasteiger partial charge in [0.15, 0.2) is 0 Å². The lowest BCUT2D eigenvalue weighted by molar-refractivity contribution is 0.0242. The van der Waals surface area contributed by atoms with Crippen LogP contribution in [0.4, 0.5) is 0 Å². The second-order valence-corrected chi connectivity index (χ2v) is 21.0. The van der Waals surface area contributed by atoms with Gasteiger partial charge in [0.1, 0.15) is 0 Å². The summed E-state index contributed by atoms with van der Waals surface area (Å²) in [6, 6.07) is 1.13. The van der Waals surface area contributed by atoms with Gasteiger partial charge in [-0.1, -0.05) is 74.5 Å². The highest BCUT2D eigenvalue weighted by atomic mass is 31.1. The van der Waals surface area contributed by atoms with Gasteiger partial charge in [-0.25, -0.2) is 0 Å². The standard InChI is InChI=1S/C35H60N2P2/c1-33(2,3)28-20-27(22-39(34(4,5)6)32-25-16-23-15-24(18-25)19-26(32)17-23)29(21-28)35(38,30-11-7-9-13-36-30)31-12-8-10-14-37-31/h20-21,23-27,30-32,36-37H,7-19,22,38H2,1-6H3. The summed E-state index contributed by atoms with van der Waals surface area (Å²) in [5.74, 6) is 4.82. The van der Waals surface area contributed by atoms with E-state index >= 15 is 0 Å². The number of rotatable bonds is 6. The van der Waals surface area contributed by atoms with Crippen molar-refractivity contribution in [2.24, 2.45) is 35.0 Å². The van der Waals surface area contributed by atoms with Crippen LogP contribution >= 0.6 is 17.2 Å². The van der Waals surface area contributed by atoms with Gasteiger partial charge in [0, 0.05) is 23.2 Å². The quantitative estimate of drug-likeness (QED) is 0.313. The predicted octanol–water partition coefficient (Wildman–Crippen LogP) is 8.52. The molecule has 39 heavy (non-hydrogen) atoms. The van der Waals surface area contributed by atoms with Crippen molar-refractivity contribution in [3.05, 3.63) is 23.3 Å². The molecule has 2 aliphatic heterocycles. The van der Waals surface area contributed by atoms with E-state index in [1.54, 1.807) is 43.3 Å². The van der Waals surface area contributed by atoms with E-state index in [0.29, 0.717) is 23.2 Å². The summed E-state index contributed by atoms with van der Waals surface area (Å²) < 4.78 is 0. The molecular formula is C35H60N2P2. The molecule has 2 nitrogen and oxygen atoms in total. The molecular weight excluding hydrogens is 510 g/mol. The van der Waals surface area contributed by atoms with Gasteiger partial charge in [-0.2, -0.15) is 0 Å². The summed E-state index contributed by atoms with van der Waals surface area (Å²) >= 11 is 0. The van der Waals surface area contributed by atoms with Crippen LogP contribution in [0.3, 0.4) is 0 Å². The Kier molecular flexibility index (Phi) is 8.33. The molecule has 5 aliphatic carbocycles. The monoisotopic (exact) mass is 570 g/mol. The van der Waals surface area contributed by atoms with E-state index in [0.717, 1.165) is 29.3 Å². The van der Waals surface area contributed by atoms with Gasteiger partial charge in [-0.15, -0.1) is 9.24 Å². The first-order valence-corrected chi connectivity index (χ1v) is 19.1. The maximum atomic E-state index is 4.08. The van der Waals surface area contributed by atoms with Crippen LogP contribution in [0.25, 0.3) is 0 Å². The van der Waals surface area contributed by atoms with Crippen molar-refractivity contribution in [1.82, 2.24) is 10.6 Å². The Morgan fingerprint density at radius 1 is 0.795 bits per heavy atom. The van der Waals surface area contributed by atoms with Crippen LogP contribution in [0, 0.1) is 35.0 Å². The lowest BCUT2D eigenvalue weighted by Crippen LogP contribution is -2.62. The molecule has 0 aromatic carbocycles. The zero-order chi connectivity index (χ0) is 27.6. The van der Waals surface area contributed by atoms with Crippen LogP contribution in [0.5, 0.6) is 0 Å². The molecule has 0 radical (unpaired) electrons. The fourth-order valence-corrected chi connectivity index (χ4v) is 15.1. The Bertz CT molecular complexity index is 895. The number of hydrogen-bond donors (Lipinski definition) is 2. The van der Waals surface area contributed by atoms with E-state index in [1.165, 1.54) is 57.8 Å². The number of allylic oxidation sites excluding steroid dienone is 3. The van der Waals surface area contributed by atoms with Crippen LogP contribution in [-0.2, 0) is 0 Å². The van der Waals surface area contributed by atoms with Crippen molar-refractivity contribution in [2.45, 2.75) is 140 Å². The molecule has 5 unspecified atom stereocenters. The Balaban J connectivity index is 1.37. The highest BCUT2D eigenvalue weighted by molar-refractivity contribution is 7.60. The summed E-state index contributed by atoms with van der Waals surface area (Å²) in [7, 11) is 3.50. The van der Waals surface area contributed by atoms with Crippen molar-refractivity contribution < 1.29 is 0 Å². The van der Waals surface area contributed by atoms with Gasteiger partial charge < -0.3 is 10.6 Å². The minimum Gasteiger partial charge on any atom is -0.313 e. The van der Waals surface area contributed by atoms with Crippen molar-refractivity contribution in [3.8, 4) is 0 Å². The molecule has 0 aromatic rings. The lowest BCUT2D eigenvalue weighted by Gasteiger charge is -2.59. The minimum atomic E-state index is -0.0617. The van der Waals surface area contributed by atoms with E-state index in [2.05, 4.69) is 73.6 Å². The summed E-state index contributed by atoms with van der Waals surface area (Å²) in [4.78, 5) is 0. The Morgan fingerprint density at radius 3 is 1.77 bits per heavy atom. The Hall–Kier alpha value is 0.260. The van der Waals surface area contributed by atoms with E-state index in [1.807, 2.05) is 0 Å². The molecule has 5 atom stereocenters. The average Bonchev–Trinajstić information content (AvgIpc) is 3.33. The van der Waals surface area contributed by atoms with Gasteiger partial charge in [0.05, 0.1) is 0 Å². The van der Waals surface area contributed by atoms with E-state index < -0.39 is 0 Å². The third-order valence-corrected chi connectivity index (χ3v) is 17.2. The largest absolute Gasteiger partial charge is 0.313 e. The highest BCUT2D eigenvalue weighted by Crippen LogP contribution is 2.68. The van der Waals surface area contributed by atoms with Crippen LogP contribution in [0.2, 0.25) is 0 Å². The lowest BCUT2D eigenvalue weighted by atomic mass is 9.56. The molecule has 2 N–H and O–H groups in total. The predicted molar refractivity (Wildman–Crippen MR) is 175 cm³/mol. The van der Waals surface area contributed by atoms with Gasteiger partial charge in [-0.3, -0.25) is 0 Å². The van der Waals surface area contributed by atoms with Gasteiger partial charge >= 0.3 is 0 Å². The summed E-state index contributed by atoms with van der Waals surface area (Å²) in [6.45, 7) is 17.6. The molecule has 2 heterocycles. The highest BCUT2D eigenvalue weighted by Gasteiger charge is 2.54. The second kappa shape index (κ2) is 11.1. The van der Waals surface area contributed by atoms with Crippen LogP contribution in [-0.4, -0.2) is 47.3 Å². The second-order valence-electron chi connectivity index (χ2n) is 16.8.